The van der Waals surface area contributed by atoms with Gasteiger partial charge in [0.25, 0.3) is 0 Å². The zero-order valence-corrected chi connectivity index (χ0v) is 14.3. The van der Waals surface area contributed by atoms with Crippen LogP contribution < -0.4 is 10.1 Å². The third kappa shape index (κ3) is 3.65. The number of nitrogens with one attached hydrogen (secondary N) is 1. The zero-order valence-electron chi connectivity index (χ0n) is 11.9. The second-order valence-electron chi connectivity index (χ2n) is 5.01. The SMILES string of the molecule is O=C(CSc1ccccc1Br)NC1CCOc2ccccc21. The molecule has 1 unspecified atom stereocenters. The number of carbonyl (C=O) groups is 1. The van der Waals surface area contributed by atoms with Crippen LogP contribution in [-0.4, -0.2) is 18.3 Å². The maximum Gasteiger partial charge on any atom is 0.230 e. The minimum absolute atomic E-state index is 0.0391. The summed E-state index contributed by atoms with van der Waals surface area (Å²) in [5.41, 5.74) is 1.06. The highest BCUT2D eigenvalue weighted by Gasteiger charge is 2.22. The molecule has 22 heavy (non-hydrogen) atoms. The molecule has 0 saturated heterocycles. The summed E-state index contributed by atoms with van der Waals surface area (Å²) in [6, 6.07) is 15.9. The molecule has 0 aliphatic carbocycles. The van der Waals surface area contributed by atoms with Crippen LogP contribution in [0.25, 0.3) is 0 Å². The van der Waals surface area contributed by atoms with Crippen molar-refractivity contribution < 1.29 is 9.53 Å². The molecular weight excluding hydrogens is 362 g/mol. The van der Waals surface area contributed by atoms with E-state index in [1.165, 1.54) is 11.8 Å². The number of fused-ring (bicyclic) bond motifs is 1. The number of hydrogen-bond donors (Lipinski definition) is 1. The Morgan fingerprint density at radius 1 is 1.23 bits per heavy atom. The Hall–Kier alpha value is -1.46. The number of para-hydroxylation sites is 1. The average Bonchev–Trinajstić information content (AvgIpc) is 2.54. The molecule has 5 heteroatoms. The molecule has 0 spiro atoms. The van der Waals surface area contributed by atoms with Crippen LogP contribution in [0.5, 0.6) is 5.75 Å². The quantitative estimate of drug-likeness (QED) is 0.812. The van der Waals surface area contributed by atoms with E-state index in [9.17, 15) is 4.79 Å². The summed E-state index contributed by atoms with van der Waals surface area (Å²) in [7, 11) is 0. The van der Waals surface area contributed by atoms with Crippen molar-refractivity contribution >= 4 is 33.6 Å². The van der Waals surface area contributed by atoms with Crippen molar-refractivity contribution in [2.75, 3.05) is 12.4 Å². The molecule has 0 saturated carbocycles. The van der Waals surface area contributed by atoms with Gasteiger partial charge in [-0.1, -0.05) is 30.3 Å². The summed E-state index contributed by atoms with van der Waals surface area (Å²) < 4.78 is 6.64. The minimum Gasteiger partial charge on any atom is -0.493 e. The second-order valence-corrected chi connectivity index (χ2v) is 6.89. The highest BCUT2D eigenvalue weighted by molar-refractivity contribution is 9.10. The number of amides is 1. The average molecular weight is 378 g/mol. The molecule has 0 aromatic heterocycles. The van der Waals surface area contributed by atoms with E-state index in [1.807, 2.05) is 48.5 Å². The molecule has 1 atom stereocenters. The van der Waals surface area contributed by atoms with Gasteiger partial charge < -0.3 is 10.1 Å². The molecule has 1 amide bonds. The molecule has 3 rings (SSSR count). The Morgan fingerprint density at radius 2 is 2.00 bits per heavy atom. The van der Waals surface area contributed by atoms with Gasteiger partial charge in [0.1, 0.15) is 5.75 Å². The van der Waals surface area contributed by atoms with Crippen molar-refractivity contribution in [2.45, 2.75) is 17.4 Å². The van der Waals surface area contributed by atoms with Crippen LogP contribution >= 0.6 is 27.7 Å². The third-order valence-electron chi connectivity index (χ3n) is 3.49. The lowest BCUT2D eigenvalue weighted by atomic mass is 10.0. The van der Waals surface area contributed by atoms with E-state index in [0.717, 1.165) is 27.1 Å². The predicted molar refractivity (Wildman–Crippen MR) is 92.3 cm³/mol. The van der Waals surface area contributed by atoms with Gasteiger partial charge in [0, 0.05) is 21.4 Å². The van der Waals surface area contributed by atoms with Gasteiger partial charge in [0.2, 0.25) is 5.91 Å². The maximum absolute atomic E-state index is 12.2. The fourth-order valence-corrected chi connectivity index (χ4v) is 3.81. The lowest BCUT2D eigenvalue weighted by Gasteiger charge is -2.26. The third-order valence-corrected chi connectivity index (χ3v) is 5.52. The molecular formula is C17H16BrNO2S. The molecule has 0 radical (unpaired) electrons. The van der Waals surface area contributed by atoms with Crippen molar-refractivity contribution in [3.63, 3.8) is 0 Å². The topological polar surface area (TPSA) is 38.3 Å². The highest BCUT2D eigenvalue weighted by Crippen LogP contribution is 2.32. The summed E-state index contributed by atoms with van der Waals surface area (Å²) in [5.74, 6) is 1.32. The minimum atomic E-state index is 0.0391. The lowest BCUT2D eigenvalue weighted by Crippen LogP contribution is -2.33. The van der Waals surface area contributed by atoms with E-state index in [1.54, 1.807) is 0 Å². The number of thioether (sulfide) groups is 1. The van der Waals surface area contributed by atoms with Crippen LogP contribution in [0.2, 0.25) is 0 Å². The number of benzene rings is 2. The van der Waals surface area contributed by atoms with E-state index in [-0.39, 0.29) is 11.9 Å². The molecule has 1 aliphatic rings. The van der Waals surface area contributed by atoms with Crippen LogP contribution in [0, 0.1) is 0 Å². The van der Waals surface area contributed by atoms with Gasteiger partial charge in [-0.15, -0.1) is 11.8 Å². The fourth-order valence-electron chi connectivity index (χ4n) is 2.43. The number of ether oxygens (including phenoxy) is 1. The molecule has 3 nitrogen and oxygen atoms in total. The molecule has 0 fully saturated rings. The molecule has 114 valence electrons. The van der Waals surface area contributed by atoms with Crippen LogP contribution in [0.15, 0.2) is 57.9 Å². The van der Waals surface area contributed by atoms with E-state index < -0.39 is 0 Å². The molecule has 1 aliphatic heterocycles. The van der Waals surface area contributed by atoms with Crippen molar-refractivity contribution in [3.8, 4) is 5.75 Å². The Labute approximate surface area is 142 Å². The first-order chi connectivity index (χ1) is 10.7. The first-order valence-corrected chi connectivity index (χ1v) is 8.90. The lowest BCUT2D eigenvalue weighted by molar-refractivity contribution is -0.119. The van der Waals surface area contributed by atoms with Crippen LogP contribution in [0.3, 0.4) is 0 Å². The van der Waals surface area contributed by atoms with Crippen molar-refractivity contribution in [1.82, 2.24) is 5.32 Å². The van der Waals surface area contributed by atoms with Crippen LogP contribution in [0.1, 0.15) is 18.0 Å². The second kappa shape index (κ2) is 7.20. The molecule has 1 heterocycles. The first-order valence-electron chi connectivity index (χ1n) is 7.12. The molecule has 0 bridgehead atoms. The zero-order chi connectivity index (χ0) is 15.4. The summed E-state index contributed by atoms with van der Waals surface area (Å²) >= 11 is 5.03. The van der Waals surface area contributed by atoms with Gasteiger partial charge in [-0.3, -0.25) is 4.79 Å². The van der Waals surface area contributed by atoms with Crippen molar-refractivity contribution in [2.24, 2.45) is 0 Å². The van der Waals surface area contributed by atoms with Crippen LogP contribution in [0.4, 0.5) is 0 Å². The first kappa shape index (κ1) is 15.4. The van der Waals surface area contributed by atoms with Gasteiger partial charge in [-0.2, -0.15) is 0 Å². The van der Waals surface area contributed by atoms with Gasteiger partial charge in [0.15, 0.2) is 0 Å². The normalized spacial score (nSPS) is 16.5. The summed E-state index contributed by atoms with van der Waals surface area (Å²) in [5, 5.41) is 3.11. The van der Waals surface area contributed by atoms with E-state index >= 15 is 0 Å². The molecule has 1 N–H and O–H groups in total. The van der Waals surface area contributed by atoms with Gasteiger partial charge in [0.05, 0.1) is 18.4 Å². The van der Waals surface area contributed by atoms with Crippen molar-refractivity contribution in [1.29, 1.82) is 0 Å². The molecule has 2 aromatic rings. The number of rotatable bonds is 4. The molecule has 2 aromatic carbocycles. The van der Waals surface area contributed by atoms with E-state index in [2.05, 4.69) is 21.2 Å². The summed E-state index contributed by atoms with van der Waals surface area (Å²) in [4.78, 5) is 13.3. The van der Waals surface area contributed by atoms with Gasteiger partial charge in [-0.25, -0.2) is 0 Å². The van der Waals surface area contributed by atoms with Gasteiger partial charge in [-0.05, 0) is 34.1 Å². The summed E-state index contributed by atoms with van der Waals surface area (Å²) in [6.45, 7) is 0.638. The van der Waals surface area contributed by atoms with E-state index in [0.29, 0.717) is 12.4 Å². The smallest absolute Gasteiger partial charge is 0.230 e. The Balaban J connectivity index is 1.60. The van der Waals surface area contributed by atoms with Gasteiger partial charge >= 0.3 is 0 Å². The number of halogens is 1. The standard InChI is InChI=1S/C17H16BrNO2S/c18-13-6-2-4-8-16(13)22-11-17(20)19-14-9-10-21-15-7-3-1-5-12(14)15/h1-8,14H,9-11H2,(H,19,20). The maximum atomic E-state index is 12.2. The number of carbonyl (C=O) groups excluding carboxylic acids is 1. The van der Waals surface area contributed by atoms with Crippen molar-refractivity contribution in [3.05, 3.63) is 58.6 Å². The summed E-state index contributed by atoms with van der Waals surface area (Å²) in [6.07, 6.45) is 0.808. The van der Waals surface area contributed by atoms with Crippen LogP contribution in [-0.2, 0) is 4.79 Å². The number of hydrogen-bond acceptors (Lipinski definition) is 3. The fraction of sp³-hybridized carbons (Fsp3) is 0.235. The van der Waals surface area contributed by atoms with E-state index in [4.69, 9.17) is 4.74 Å². The Bertz CT molecular complexity index is 677. The highest BCUT2D eigenvalue weighted by atomic mass is 79.9. The monoisotopic (exact) mass is 377 g/mol. The Morgan fingerprint density at radius 3 is 2.86 bits per heavy atom. The largest absolute Gasteiger partial charge is 0.493 e. The predicted octanol–water partition coefficient (Wildman–Crippen LogP) is 4.18. The Kier molecular flexibility index (Phi) is 5.05.